The van der Waals surface area contributed by atoms with Gasteiger partial charge in [0.05, 0.1) is 31.4 Å². The standard InChI is InChI=1S/C19H25N3O5/c1-12(2)26-18(23)21-22(19(24)27-13(3)4)11-15-10-16(25-5)9-14-7-6-8-20-17(14)15/h6-10,12-13H,11H2,1-5H3,(H,21,23). The topological polar surface area (TPSA) is 90.0 Å². The number of carbonyl (C=O) groups excluding carboxylic acids is 2. The van der Waals surface area contributed by atoms with Gasteiger partial charge in [-0.2, -0.15) is 0 Å². The molecule has 8 heteroatoms. The number of methoxy groups -OCH3 is 1. The SMILES string of the molecule is COc1cc(CN(NC(=O)OC(C)C)C(=O)OC(C)C)c2ncccc2c1. The quantitative estimate of drug-likeness (QED) is 0.803. The lowest BCUT2D eigenvalue weighted by Gasteiger charge is -2.24. The van der Waals surface area contributed by atoms with Crippen molar-refractivity contribution in [3.8, 4) is 5.75 Å². The summed E-state index contributed by atoms with van der Waals surface area (Å²) in [5.74, 6) is 0.618. The van der Waals surface area contributed by atoms with Gasteiger partial charge in [-0.05, 0) is 45.9 Å². The van der Waals surface area contributed by atoms with Crippen molar-refractivity contribution in [2.75, 3.05) is 7.11 Å². The van der Waals surface area contributed by atoms with Gasteiger partial charge in [0, 0.05) is 17.1 Å². The van der Waals surface area contributed by atoms with Crippen molar-refractivity contribution in [2.24, 2.45) is 0 Å². The van der Waals surface area contributed by atoms with Crippen LogP contribution in [0.4, 0.5) is 9.59 Å². The fraction of sp³-hybridized carbons (Fsp3) is 0.421. The molecule has 1 aromatic carbocycles. The summed E-state index contributed by atoms with van der Waals surface area (Å²) in [5.41, 5.74) is 3.82. The van der Waals surface area contributed by atoms with Gasteiger partial charge in [0.15, 0.2) is 0 Å². The lowest BCUT2D eigenvalue weighted by Crippen LogP contribution is -2.47. The maximum Gasteiger partial charge on any atom is 0.429 e. The number of ether oxygens (including phenoxy) is 3. The molecule has 1 aromatic heterocycles. The summed E-state index contributed by atoms with van der Waals surface area (Å²) in [4.78, 5) is 28.8. The number of hydrogen-bond acceptors (Lipinski definition) is 6. The van der Waals surface area contributed by atoms with Gasteiger partial charge in [0.2, 0.25) is 0 Å². The van der Waals surface area contributed by atoms with Crippen molar-refractivity contribution in [2.45, 2.75) is 46.4 Å². The van der Waals surface area contributed by atoms with Crippen molar-refractivity contribution in [1.29, 1.82) is 0 Å². The Hall–Kier alpha value is -3.03. The molecular formula is C19H25N3O5. The molecule has 2 rings (SSSR count). The van der Waals surface area contributed by atoms with Crippen LogP contribution >= 0.6 is 0 Å². The normalized spacial score (nSPS) is 10.8. The molecule has 27 heavy (non-hydrogen) atoms. The van der Waals surface area contributed by atoms with E-state index in [4.69, 9.17) is 14.2 Å². The van der Waals surface area contributed by atoms with E-state index >= 15 is 0 Å². The first-order chi connectivity index (χ1) is 12.8. The number of pyridine rings is 1. The highest BCUT2D eigenvalue weighted by Crippen LogP contribution is 2.24. The van der Waals surface area contributed by atoms with Gasteiger partial charge < -0.3 is 14.2 Å². The number of aromatic nitrogens is 1. The minimum Gasteiger partial charge on any atom is -0.497 e. The Morgan fingerprint density at radius 3 is 2.48 bits per heavy atom. The summed E-state index contributed by atoms with van der Waals surface area (Å²) in [6.07, 6.45) is -0.450. The summed E-state index contributed by atoms with van der Waals surface area (Å²) in [7, 11) is 1.56. The van der Waals surface area contributed by atoms with E-state index in [1.165, 1.54) is 0 Å². The molecule has 2 amide bonds. The largest absolute Gasteiger partial charge is 0.497 e. The third-order valence-corrected chi connectivity index (χ3v) is 3.45. The number of benzene rings is 1. The van der Waals surface area contributed by atoms with Crippen LogP contribution < -0.4 is 10.2 Å². The van der Waals surface area contributed by atoms with Crippen LogP contribution in [0.1, 0.15) is 33.3 Å². The van der Waals surface area contributed by atoms with E-state index in [0.717, 1.165) is 10.4 Å². The summed E-state index contributed by atoms with van der Waals surface area (Å²) < 4.78 is 15.6. The molecule has 0 saturated carbocycles. The van der Waals surface area contributed by atoms with Crippen LogP contribution in [0.2, 0.25) is 0 Å². The Balaban J connectivity index is 2.34. The van der Waals surface area contributed by atoms with Crippen LogP contribution in [-0.4, -0.2) is 41.5 Å². The molecule has 0 radical (unpaired) electrons. The number of fused-ring (bicyclic) bond motifs is 1. The summed E-state index contributed by atoms with van der Waals surface area (Å²) in [5, 5.41) is 1.92. The second kappa shape index (κ2) is 9.07. The van der Waals surface area contributed by atoms with Gasteiger partial charge in [-0.15, -0.1) is 0 Å². The minimum absolute atomic E-state index is 0.0312. The number of hydrazine groups is 1. The number of nitrogens with zero attached hydrogens (tertiary/aromatic N) is 2. The highest BCUT2D eigenvalue weighted by Gasteiger charge is 2.22. The fourth-order valence-electron chi connectivity index (χ4n) is 2.41. The Morgan fingerprint density at radius 2 is 1.85 bits per heavy atom. The minimum atomic E-state index is -0.745. The van der Waals surface area contributed by atoms with E-state index in [1.807, 2.05) is 18.2 Å². The highest BCUT2D eigenvalue weighted by molar-refractivity contribution is 5.84. The van der Waals surface area contributed by atoms with Crippen LogP contribution in [0.5, 0.6) is 5.75 Å². The second-order valence-electron chi connectivity index (χ2n) is 6.45. The van der Waals surface area contributed by atoms with Crippen LogP contribution in [-0.2, 0) is 16.0 Å². The van der Waals surface area contributed by atoms with Crippen molar-refractivity contribution >= 4 is 23.1 Å². The maximum absolute atomic E-state index is 12.5. The predicted octanol–water partition coefficient (Wildman–Crippen LogP) is 3.64. The zero-order valence-electron chi connectivity index (χ0n) is 16.2. The van der Waals surface area contributed by atoms with Crippen molar-refractivity contribution in [3.63, 3.8) is 0 Å². The number of amides is 2. The van der Waals surface area contributed by atoms with Gasteiger partial charge in [-0.25, -0.2) is 20.0 Å². The van der Waals surface area contributed by atoms with Gasteiger partial charge in [0.25, 0.3) is 0 Å². The van der Waals surface area contributed by atoms with Crippen LogP contribution in [0, 0.1) is 0 Å². The Morgan fingerprint density at radius 1 is 1.15 bits per heavy atom. The summed E-state index contributed by atoms with van der Waals surface area (Å²) in [6.45, 7) is 6.92. The molecule has 0 spiro atoms. The van der Waals surface area contributed by atoms with Gasteiger partial charge >= 0.3 is 12.2 Å². The molecule has 1 N–H and O–H groups in total. The van der Waals surface area contributed by atoms with Crippen molar-refractivity contribution < 1.29 is 23.8 Å². The van der Waals surface area contributed by atoms with E-state index in [9.17, 15) is 9.59 Å². The molecule has 0 saturated heterocycles. The molecule has 2 aromatic rings. The average Bonchev–Trinajstić information content (AvgIpc) is 2.59. The van der Waals surface area contributed by atoms with E-state index < -0.39 is 12.2 Å². The lowest BCUT2D eigenvalue weighted by molar-refractivity contribution is 0.0445. The number of carbonyl (C=O) groups is 2. The first-order valence-electron chi connectivity index (χ1n) is 8.67. The van der Waals surface area contributed by atoms with Crippen molar-refractivity contribution in [3.05, 3.63) is 36.0 Å². The zero-order valence-corrected chi connectivity index (χ0v) is 16.2. The molecular weight excluding hydrogens is 350 g/mol. The lowest BCUT2D eigenvalue weighted by atomic mass is 10.1. The van der Waals surface area contributed by atoms with Crippen LogP contribution in [0.3, 0.4) is 0 Å². The molecule has 8 nitrogen and oxygen atoms in total. The molecule has 0 fully saturated rings. The van der Waals surface area contributed by atoms with Gasteiger partial charge in [-0.3, -0.25) is 4.98 Å². The van der Waals surface area contributed by atoms with E-state index in [0.29, 0.717) is 16.8 Å². The molecule has 0 bridgehead atoms. The molecule has 0 aliphatic carbocycles. The smallest absolute Gasteiger partial charge is 0.429 e. The molecule has 0 aliphatic rings. The second-order valence-corrected chi connectivity index (χ2v) is 6.45. The zero-order chi connectivity index (χ0) is 20.0. The first-order valence-corrected chi connectivity index (χ1v) is 8.67. The summed E-state index contributed by atoms with van der Waals surface area (Å²) in [6, 6.07) is 7.32. The highest BCUT2D eigenvalue weighted by atomic mass is 16.6. The predicted molar refractivity (Wildman–Crippen MR) is 100 cm³/mol. The number of hydrogen-bond donors (Lipinski definition) is 1. The Kier molecular flexibility index (Phi) is 6.81. The average molecular weight is 375 g/mol. The molecule has 0 atom stereocenters. The molecule has 146 valence electrons. The monoisotopic (exact) mass is 375 g/mol. The molecule has 1 heterocycles. The Bertz CT molecular complexity index is 807. The fourth-order valence-corrected chi connectivity index (χ4v) is 2.41. The van der Waals surface area contributed by atoms with E-state index in [1.54, 1.807) is 47.1 Å². The summed E-state index contributed by atoms with van der Waals surface area (Å²) >= 11 is 0. The van der Waals surface area contributed by atoms with Crippen molar-refractivity contribution in [1.82, 2.24) is 15.4 Å². The number of rotatable bonds is 5. The van der Waals surface area contributed by atoms with Crippen LogP contribution in [0.15, 0.2) is 30.5 Å². The van der Waals surface area contributed by atoms with Gasteiger partial charge in [0.1, 0.15) is 5.75 Å². The maximum atomic E-state index is 12.5. The number of nitrogens with one attached hydrogen (secondary N) is 1. The molecule has 0 unspecified atom stereocenters. The van der Waals surface area contributed by atoms with E-state index in [-0.39, 0.29) is 18.8 Å². The third kappa shape index (κ3) is 5.73. The third-order valence-electron chi connectivity index (χ3n) is 3.45. The molecule has 0 aliphatic heterocycles. The van der Waals surface area contributed by atoms with Gasteiger partial charge in [-0.1, -0.05) is 6.07 Å². The Labute approximate surface area is 158 Å². The first kappa shape index (κ1) is 20.3. The van der Waals surface area contributed by atoms with Crippen LogP contribution in [0.25, 0.3) is 10.9 Å². The van der Waals surface area contributed by atoms with E-state index in [2.05, 4.69) is 10.4 Å².